The predicted octanol–water partition coefficient (Wildman–Crippen LogP) is 2.24. The van der Waals surface area contributed by atoms with Gasteiger partial charge in [-0.1, -0.05) is 13.0 Å². The first-order chi connectivity index (χ1) is 16.5. The van der Waals surface area contributed by atoms with Gasteiger partial charge in [0, 0.05) is 62.1 Å². The molecule has 0 unspecified atom stereocenters. The number of cyclic esters (lactones) is 1. The van der Waals surface area contributed by atoms with E-state index >= 15 is 0 Å². The zero-order chi connectivity index (χ0) is 25.7. The van der Waals surface area contributed by atoms with Crippen LogP contribution in [-0.2, 0) is 33.4 Å². The molecule has 0 radical (unpaired) electrons. The van der Waals surface area contributed by atoms with Gasteiger partial charge in [0.1, 0.15) is 18.0 Å². The number of ether oxygens (including phenoxy) is 3. The van der Waals surface area contributed by atoms with E-state index in [-0.39, 0.29) is 35.5 Å². The second kappa shape index (κ2) is 8.78. The predicted molar refractivity (Wildman–Crippen MR) is 124 cm³/mol. The molecule has 0 spiro atoms. The molecule has 2 fully saturated rings. The third-order valence-electron chi connectivity index (χ3n) is 7.93. The van der Waals surface area contributed by atoms with Gasteiger partial charge < -0.3 is 24.6 Å². The lowest BCUT2D eigenvalue weighted by Gasteiger charge is -2.53. The van der Waals surface area contributed by atoms with Crippen molar-refractivity contribution in [2.75, 3.05) is 20.3 Å². The first kappa shape index (κ1) is 24.9. The van der Waals surface area contributed by atoms with Gasteiger partial charge in [-0.3, -0.25) is 14.4 Å². The molecule has 4 aliphatic rings. The molecule has 0 aromatic carbocycles. The second-order valence-corrected chi connectivity index (χ2v) is 9.92. The summed E-state index contributed by atoms with van der Waals surface area (Å²) in [6.45, 7) is 8.76. The number of Topliss-reactive ketones (excluding diaryl/α,β-unsaturated/α-hetero) is 2. The Labute approximate surface area is 203 Å². The van der Waals surface area contributed by atoms with Gasteiger partial charge in [0.15, 0.2) is 5.76 Å². The zero-order valence-electron chi connectivity index (χ0n) is 20.4. The Balaban J connectivity index is 2.01. The lowest BCUT2D eigenvalue weighted by atomic mass is 9.53. The van der Waals surface area contributed by atoms with E-state index in [2.05, 4.69) is 11.9 Å². The van der Waals surface area contributed by atoms with Gasteiger partial charge in [-0.25, -0.2) is 4.79 Å². The first-order valence-corrected chi connectivity index (χ1v) is 11.7. The Kier molecular flexibility index (Phi) is 6.25. The number of methoxy groups -OCH3 is 1. The van der Waals surface area contributed by atoms with Crippen molar-refractivity contribution in [2.45, 2.75) is 52.2 Å². The summed E-state index contributed by atoms with van der Waals surface area (Å²) in [5, 5.41) is 14.2. The van der Waals surface area contributed by atoms with Gasteiger partial charge >= 0.3 is 11.9 Å². The lowest BCUT2D eigenvalue weighted by molar-refractivity contribution is -0.160. The molecule has 4 rings (SSSR count). The van der Waals surface area contributed by atoms with Crippen LogP contribution in [0.2, 0.25) is 0 Å². The van der Waals surface area contributed by atoms with Crippen molar-refractivity contribution in [2.24, 2.45) is 16.7 Å². The number of esters is 2. The van der Waals surface area contributed by atoms with E-state index in [1.807, 2.05) is 0 Å². The number of rotatable bonds is 6. The Morgan fingerprint density at radius 3 is 2.66 bits per heavy atom. The average Bonchev–Trinajstić information content (AvgIpc) is 3.08. The van der Waals surface area contributed by atoms with Gasteiger partial charge in [0.05, 0.1) is 17.6 Å². The van der Waals surface area contributed by atoms with Gasteiger partial charge in [-0.2, -0.15) is 0 Å². The van der Waals surface area contributed by atoms with Gasteiger partial charge in [0.2, 0.25) is 5.78 Å². The zero-order valence-corrected chi connectivity index (χ0v) is 20.4. The normalized spacial score (nSPS) is 35.4. The summed E-state index contributed by atoms with van der Waals surface area (Å²) in [5.41, 5.74) is -1.32. The Bertz CT molecular complexity index is 1110. The number of fused-ring (bicyclic) bond motifs is 4. The molecule has 3 aliphatic carbocycles. The average molecular weight is 486 g/mol. The minimum Gasteiger partial charge on any atom is -0.504 e. The maximum atomic E-state index is 13.8. The number of carbonyl (C=O) groups excluding carboxylic acids is 4. The van der Waals surface area contributed by atoms with E-state index in [1.54, 1.807) is 19.9 Å². The minimum atomic E-state index is -1.24. The summed E-state index contributed by atoms with van der Waals surface area (Å²) in [7, 11) is 1.46. The highest BCUT2D eigenvalue weighted by atomic mass is 16.6. The SMILES string of the molecule is C=CCN/C=C1\C(=O)O[C@H](COC)[C@@]2(C)C1=C(O)C(=O)C1=C2[C@H](OC(C)=O)C[C@]2(C)C(=O)CC[C@@H]12. The highest BCUT2D eigenvalue weighted by molar-refractivity contribution is 6.14. The van der Waals surface area contributed by atoms with E-state index in [0.717, 1.165) is 0 Å². The number of aliphatic hydroxyl groups is 1. The van der Waals surface area contributed by atoms with Crippen LogP contribution in [0.25, 0.3) is 0 Å². The molecular formula is C26H31NO8. The van der Waals surface area contributed by atoms with Crippen molar-refractivity contribution in [1.29, 1.82) is 0 Å². The summed E-state index contributed by atoms with van der Waals surface area (Å²) < 4.78 is 16.9. The number of carbonyl (C=O) groups is 4. The molecule has 1 saturated heterocycles. The van der Waals surface area contributed by atoms with Gasteiger partial charge in [-0.05, 0) is 18.9 Å². The highest BCUT2D eigenvalue weighted by Gasteiger charge is 2.64. The molecule has 1 aliphatic heterocycles. The lowest BCUT2D eigenvalue weighted by Crippen LogP contribution is -2.57. The Morgan fingerprint density at radius 2 is 2.03 bits per heavy atom. The molecule has 188 valence electrons. The van der Waals surface area contributed by atoms with E-state index < -0.39 is 52.4 Å². The summed E-state index contributed by atoms with van der Waals surface area (Å²) in [6.07, 6.45) is 2.10. The van der Waals surface area contributed by atoms with Gasteiger partial charge in [-0.15, -0.1) is 6.58 Å². The fraction of sp³-hybridized carbons (Fsp3) is 0.538. The fourth-order valence-corrected chi connectivity index (χ4v) is 6.34. The molecule has 1 saturated carbocycles. The molecule has 35 heavy (non-hydrogen) atoms. The number of ketones is 2. The Morgan fingerprint density at radius 1 is 1.31 bits per heavy atom. The number of hydrogen-bond donors (Lipinski definition) is 2. The summed E-state index contributed by atoms with van der Waals surface area (Å²) in [6, 6.07) is 0. The van der Waals surface area contributed by atoms with Crippen LogP contribution in [0.15, 0.2) is 46.9 Å². The fourth-order valence-electron chi connectivity index (χ4n) is 6.34. The van der Waals surface area contributed by atoms with Crippen molar-refractivity contribution in [3.63, 3.8) is 0 Å². The molecule has 0 aromatic heterocycles. The molecule has 0 bridgehead atoms. The molecule has 5 atom stereocenters. The minimum absolute atomic E-state index is 0.00323. The molecule has 9 nitrogen and oxygen atoms in total. The van der Waals surface area contributed by atoms with Crippen molar-refractivity contribution in [3.05, 3.63) is 46.9 Å². The number of allylic oxidation sites excluding steroid dienone is 1. The monoisotopic (exact) mass is 485 g/mol. The van der Waals surface area contributed by atoms with Crippen LogP contribution in [0.5, 0.6) is 0 Å². The van der Waals surface area contributed by atoms with E-state index in [9.17, 15) is 24.3 Å². The third kappa shape index (κ3) is 3.55. The van der Waals surface area contributed by atoms with Crippen LogP contribution in [0, 0.1) is 16.7 Å². The van der Waals surface area contributed by atoms with Crippen LogP contribution in [0.1, 0.15) is 40.0 Å². The largest absolute Gasteiger partial charge is 0.504 e. The van der Waals surface area contributed by atoms with Crippen molar-refractivity contribution < 1.29 is 38.5 Å². The Hall–Kier alpha value is -3.20. The van der Waals surface area contributed by atoms with Gasteiger partial charge in [0.25, 0.3) is 0 Å². The second-order valence-electron chi connectivity index (χ2n) is 9.92. The van der Waals surface area contributed by atoms with Crippen LogP contribution in [0.3, 0.4) is 0 Å². The molecular weight excluding hydrogens is 454 g/mol. The summed E-state index contributed by atoms with van der Waals surface area (Å²) >= 11 is 0. The van der Waals surface area contributed by atoms with Crippen LogP contribution >= 0.6 is 0 Å². The van der Waals surface area contributed by atoms with Crippen molar-refractivity contribution in [3.8, 4) is 0 Å². The quantitative estimate of drug-likeness (QED) is 0.252. The number of aliphatic hydroxyl groups excluding tert-OH is 1. The maximum absolute atomic E-state index is 13.8. The van der Waals surface area contributed by atoms with Crippen LogP contribution in [0.4, 0.5) is 0 Å². The maximum Gasteiger partial charge on any atom is 0.340 e. The number of nitrogens with one attached hydrogen (secondary N) is 1. The van der Waals surface area contributed by atoms with E-state index in [0.29, 0.717) is 25.0 Å². The smallest absolute Gasteiger partial charge is 0.340 e. The van der Waals surface area contributed by atoms with Crippen molar-refractivity contribution in [1.82, 2.24) is 5.32 Å². The summed E-state index contributed by atoms with van der Waals surface area (Å²) in [5.74, 6) is -2.96. The summed E-state index contributed by atoms with van der Waals surface area (Å²) in [4.78, 5) is 51.9. The van der Waals surface area contributed by atoms with Crippen LogP contribution < -0.4 is 5.32 Å². The topological polar surface area (TPSA) is 128 Å². The molecule has 0 aromatic rings. The standard InChI is InChI=1S/C26H31NO8/c1-6-9-27-11-14-20-23(31)22(30)19-15-7-8-17(29)25(15,3)10-16(34-13(2)28)21(19)26(20,4)18(12-33-5)35-24(14)32/h6,11,15-16,18,27,31H,1,7-10,12H2,2-5H3/b14-11-/t15-,16+,18+,25-,26-/m0/s1. The molecule has 9 heteroatoms. The highest BCUT2D eigenvalue weighted by Crippen LogP contribution is 2.62. The van der Waals surface area contributed by atoms with Crippen LogP contribution in [-0.4, -0.2) is 61.1 Å². The van der Waals surface area contributed by atoms with Crippen molar-refractivity contribution >= 4 is 23.5 Å². The number of hydrogen-bond acceptors (Lipinski definition) is 9. The third-order valence-corrected chi connectivity index (χ3v) is 7.93. The molecule has 2 N–H and O–H groups in total. The van der Waals surface area contributed by atoms with E-state index in [4.69, 9.17) is 14.2 Å². The first-order valence-electron chi connectivity index (χ1n) is 11.7. The molecule has 0 amide bonds. The van der Waals surface area contributed by atoms with E-state index in [1.165, 1.54) is 20.2 Å². The molecule has 1 heterocycles.